The molecule has 70 valence electrons. The highest BCUT2D eigenvalue weighted by molar-refractivity contribution is 5.57. The third kappa shape index (κ3) is 1.47. The van der Waals surface area contributed by atoms with Crippen molar-refractivity contribution in [2.45, 2.75) is 30.7 Å². The van der Waals surface area contributed by atoms with Gasteiger partial charge < -0.3 is 30.0 Å². The molecule has 1 heterocycles. The molecule has 1 saturated heterocycles. The van der Waals surface area contributed by atoms with Crippen LogP contribution in [0, 0.1) is 0 Å². The number of rotatable bonds is 1. The van der Waals surface area contributed by atoms with Gasteiger partial charge in [0.1, 0.15) is 24.4 Å². The fourth-order valence-electron chi connectivity index (χ4n) is 1.000. The number of hydrogen-bond acceptors (Lipinski definition) is 6. The van der Waals surface area contributed by atoms with Gasteiger partial charge >= 0.3 is 0 Å². The van der Waals surface area contributed by atoms with Gasteiger partial charge in [0.2, 0.25) is 0 Å². The molecule has 0 aromatic heterocycles. The quantitative estimate of drug-likeness (QED) is 0.318. The summed E-state index contributed by atoms with van der Waals surface area (Å²) in [5.41, 5.74) is 0. The van der Waals surface area contributed by atoms with E-state index in [1.807, 2.05) is 0 Å². The average Bonchev–Trinajstić information content (AvgIpc) is 2.08. The van der Waals surface area contributed by atoms with E-state index in [-0.39, 0.29) is 6.29 Å². The zero-order chi connectivity index (χ0) is 9.30. The van der Waals surface area contributed by atoms with E-state index in [4.69, 9.17) is 20.4 Å². The van der Waals surface area contributed by atoms with E-state index in [9.17, 15) is 4.79 Å². The molecule has 0 bridgehead atoms. The van der Waals surface area contributed by atoms with E-state index in [1.165, 1.54) is 0 Å². The van der Waals surface area contributed by atoms with E-state index >= 15 is 0 Å². The Morgan fingerprint density at radius 2 is 1.58 bits per heavy atom. The molecule has 12 heavy (non-hydrogen) atoms. The Morgan fingerprint density at radius 3 is 2.08 bits per heavy atom. The van der Waals surface area contributed by atoms with Crippen molar-refractivity contribution in [2.75, 3.05) is 0 Å². The summed E-state index contributed by atoms with van der Waals surface area (Å²) in [5.74, 6) is 0. The van der Waals surface area contributed by atoms with Gasteiger partial charge in [-0.15, -0.1) is 0 Å². The number of carbonyl (C=O) groups is 1. The Balaban J connectivity index is 2.70. The standard InChI is InChI=1S/C6H10O6/c7-1-2-3(8)4(9)5(10)6(11)12-2/h1-6,8-11H/t2?,3-,4+,5?,6-/m1/s1. The molecule has 6 nitrogen and oxygen atoms in total. The molecule has 0 saturated carbocycles. The van der Waals surface area contributed by atoms with Crippen molar-refractivity contribution in [1.82, 2.24) is 0 Å². The van der Waals surface area contributed by atoms with Crippen molar-refractivity contribution in [3.8, 4) is 0 Å². The van der Waals surface area contributed by atoms with Crippen molar-refractivity contribution in [3.05, 3.63) is 0 Å². The minimum atomic E-state index is -1.64. The summed E-state index contributed by atoms with van der Waals surface area (Å²) >= 11 is 0. The first kappa shape index (κ1) is 9.56. The van der Waals surface area contributed by atoms with Crippen LogP contribution in [0.4, 0.5) is 0 Å². The summed E-state index contributed by atoms with van der Waals surface area (Å²) in [6.07, 6.45) is -7.33. The van der Waals surface area contributed by atoms with Gasteiger partial charge in [0.15, 0.2) is 12.6 Å². The lowest BCUT2D eigenvalue weighted by Crippen LogP contribution is -2.57. The second-order valence-corrected chi connectivity index (χ2v) is 2.60. The minimum absolute atomic E-state index is 0.253. The van der Waals surface area contributed by atoms with Gasteiger partial charge in [0, 0.05) is 0 Å². The highest BCUT2D eigenvalue weighted by Crippen LogP contribution is 2.18. The fourth-order valence-corrected chi connectivity index (χ4v) is 1.000. The normalized spacial score (nSPS) is 48.8. The number of aldehydes is 1. The fraction of sp³-hybridized carbons (Fsp3) is 0.833. The minimum Gasteiger partial charge on any atom is -0.387 e. The lowest BCUT2D eigenvalue weighted by Gasteiger charge is -2.35. The maximum absolute atomic E-state index is 10.2. The van der Waals surface area contributed by atoms with Crippen molar-refractivity contribution in [2.24, 2.45) is 0 Å². The first-order valence-corrected chi connectivity index (χ1v) is 3.41. The van der Waals surface area contributed by atoms with Gasteiger partial charge in [0.25, 0.3) is 0 Å². The molecule has 0 aliphatic carbocycles. The van der Waals surface area contributed by atoms with Crippen molar-refractivity contribution >= 4 is 6.29 Å². The second-order valence-electron chi connectivity index (χ2n) is 2.60. The van der Waals surface area contributed by atoms with Crippen LogP contribution < -0.4 is 0 Å². The summed E-state index contributed by atoms with van der Waals surface area (Å²) < 4.78 is 4.46. The van der Waals surface area contributed by atoms with Crippen LogP contribution in [0.15, 0.2) is 0 Å². The smallest absolute Gasteiger partial charge is 0.184 e. The molecule has 1 aliphatic heterocycles. The lowest BCUT2D eigenvalue weighted by molar-refractivity contribution is -0.272. The summed E-state index contributed by atoms with van der Waals surface area (Å²) in [6, 6.07) is 0. The van der Waals surface area contributed by atoms with Crippen LogP contribution in [0.2, 0.25) is 0 Å². The number of carbonyl (C=O) groups excluding carboxylic acids is 1. The van der Waals surface area contributed by atoms with Crippen molar-refractivity contribution in [1.29, 1.82) is 0 Å². The van der Waals surface area contributed by atoms with E-state index in [1.54, 1.807) is 0 Å². The van der Waals surface area contributed by atoms with Gasteiger partial charge in [-0.05, 0) is 0 Å². The van der Waals surface area contributed by atoms with Gasteiger partial charge in [-0.3, -0.25) is 0 Å². The molecular formula is C6H10O6. The molecule has 1 aliphatic rings. The zero-order valence-corrected chi connectivity index (χ0v) is 6.07. The van der Waals surface area contributed by atoms with E-state index < -0.39 is 30.7 Å². The third-order valence-corrected chi connectivity index (χ3v) is 1.76. The van der Waals surface area contributed by atoms with Crippen molar-refractivity contribution < 1.29 is 30.0 Å². The van der Waals surface area contributed by atoms with E-state index in [0.29, 0.717) is 0 Å². The predicted octanol–water partition coefficient (Wildman–Crippen LogP) is -3.01. The first-order chi connectivity index (χ1) is 5.57. The van der Waals surface area contributed by atoms with Crippen LogP contribution in [-0.4, -0.2) is 57.4 Å². The Morgan fingerprint density at radius 1 is 1.00 bits per heavy atom. The van der Waals surface area contributed by atoms with Crippen LogP contribution in [0.25, 0.3) is 0 Å². The Kier molecular flexibility index (Phi) is 2.76. The monoisotopic (exact) mass is 178 g/mol. The molecule has 4 N–H and O–H groups in total. The number of aliphatic hydroxyl groups excluding tert-OH is 4. The van der Waals surface area contributed by atoms with Gasteiger partial charge in [-0.1, -0.05) is 0 Å². The average molecular weight is 178 g/mol. The molecular weight excluding hydrogens is 168 g/mol. The number of aliphatic hydroxyl groups is 4. The van der Waals surface area contributed by atoms with Crippen LogP contribution in [0.3, 0.4) is 0 Å². The third-order valence-electron chi connectivity index (χ3n) is 1.76. The Hall–Kier alpha value is -0.530. The second kappa shape index (κ2) is 3.46. The highest BCUT2D eigenvalue weighted by Gasteiger charge is 2.42. The maximum Gasteiger partial charge on any atom is 0.184 e. The molecule has 5 atom stereocenters. The predicted molar refractivity (Wildman–Crippen MR) is 35.0 cm³/mol. The molecule has 0 amide bonds. The van der Waals surface area contributed by atoms with Gasteiger partial charge in [-0.2, -0.15) is 0 Å². The maximum atomic E-state index is 10.2. The van der Waals surface area contributed by atoms with Gasteiger partial charge in [-0.25, -0.2) is 0 Å². The van der Waals surface area contributed by atoms with Crippen LogP contribution >= 0.6 is 0 Å². The summed E-state index contributed by atoms with van der Waals surface area (Å²) in [6.45, 7) is 0. The van der Waals surface area contributed by atoms with Crippen LogP contribution in [-0.2, 0) is 9.53 Å². The molecule has 0 radical (unpaired) electrons. The Labute approximate surface area is 68.0 Å². The highest BCUT2D eigenvalue weighted by atomic mass is 16.6. The Bertz CT molecular complexity index is 171. The summed E-state index contributed by atoms with van der Waals surface area (Å²) in [4.78, 5) is 10.2. The van der Waals surface area contributed by atoms with Crippen LogP contribution in [0.1, 0.15) is 0 Å². The van der Waals surface area contributed by atoms with Crippen LogP contribution in [0.5, 0.6) is 0 Å². The largest absolute Gasteiger partial charge is 0.387 e. The summed E-state index contributed by atoms with van der Waals surface area (Å²) in [5, 5.41) is 35.9. The molecule has 0 spiro atoms. The van der Waals surface area contributed by atoms with E-state index in [0.717, 1.165) is 0 Å². The first-order valence-electron chi connectivity index (χ1n) is 3.41. The zero-order valence-electron chi connectivity index (χ0n) is 6.07. The van der Waals surface area contributed by atoms with E-state index in [2.05, 4.69) is 4.74 Å². The summed E-state index contributed by atoms with van der Waals surface area (Å²) in [7, 11) is 0. The topological polar surface area (TPSA) is 107 Å². The lowest BCUT2D eigenvalue weighted by atomic mass is 10.00. The molecule has 1 fully saturated rings. The van der Waals surface area contributed by atoms with Gasteiger partial charge in [0.05, 0.1) is 0 Å². The molecule has 6 heteroatoms. The number of hydrogen-bond donors (Lipinski definition) is 4. The molecule has 0 aromatic rings. The molecule has 2 unspecified atom stereocenters. The molecule has 1 rings (SSSR count). The SMILES string of the molecule is O=CC1O[C@@H](O)C(O)[C@@H](O)[C@@H]1O. The van der Waals surface area contributed by atoms with Crippen molar-refractivity contribution in [3.63, 3.8) is 0 Å². The number of ether oxygens (including phenoxy) is 1. The molecule has 0 aromatic carbocycles.